The van der Waals surface area contributed by atoms with E-state index >= 15 is 0 Å². The van der Waals surface area contributed by atoms with Crippen LogP contribution in [-0.2, 0) is 0 Å². The first-order chi connectivity index (χ1) is 6.10. The molecule has 0 fully saturated rings. The molecular weight excluding hydrogens is 156 g/mol. The summed E-state index contributed by atoms with van der Waals surface area (Å²) in [7, 11) is 0. The minimum atomic E-state index is 0.243. The average Bonchev–Trinajstić information content (AvgIpc) is 2.01. The molecule has 0 bridgehead atoms. The Hall–Kier alpha value is -1.04. The fourth-order valence-corrected chi connectivity index (χ4v) is 1.52. The van der Waals surface area contributed by atoms with Crippen molar-refractivity contribution in [1.29, 1.82) is 0 Å². The van der Waals surface area contributed by atoms with Gasteiger partial charge in [0.25, 0.3) is 0 Å². The van der Waals surface area contributed by atoms with Crippen molar-refractivity contribution >= 4 is 0 Å². The highest BCUT2D eigenvalue weighted by molar-refractivity contribution is 5.23. The van der Waals surface area contributed by atoms with Gasteiger partial charge in [-0.2, -0.15) is 0 Å². The molecule has 0 heteroatoms. The Morgan fingerprint density at radius 1 is 1.23 bits per heavy atom. The van der Waals surface area contributed by atoms with Gasteiger partial charge in [-0.05, 0) is 18.3 Å². The maximum Gasteiger partial charge on any atom is -0.0135 e. The molecule has 0 amide bonds. The van der Waals surface area contributed by atoms with Gasteiger partial charge < -0.3 is 0 Å². The molecule has 70 valence electrons. The summed E-state index contributed by atoms with van der Waals surface area (Å²) < 4.78 is 0. The molecule has 1 aliphatic rings. The molecule has 0 spiro atoms. The quantitative estimate of drug-likeness (QED) is 0.486. The SMILES string of the molecule is C=C1/C=C\C=C/C/C=C\C(C)(C)C1. The minimum absolute atomic E-state index is 0.243. The Morgan fingerprint density at radius 2 is 2.00 bits per heavy atom. The zero-order valence-corrected chi connectivity index (χ0v) is 8.59. The van der Waals surface area contributed by atoms with Crippen molar-refractivity contribution in [3.8, 4) is 0 Å². The van der Waals surface area contributed by atoms with E-state index in [4.69, 9.17) is 0 Å². The molecular formula is C13H18. The summed E-state index contributed by atoms with van der Waals surface area (Å²) in [5.74, 6) is 0. The van der Waals surface area contributed by atoms with Crippen LogP contribution in [0.3, 0.4) is 0 Å². The molecule has 1 aliphatic carbocycles. The summed E-state index contributed by atoms with van der Waals surface area (Å²) in [4.78, 5) is 0. The van der Waals surface area contributed by atoms with Gasteiger partial charge in [0.05, 0.1) is 0 Å². The van der Waals surface area contributed by atoms with Crippen LogP contribution in [0.15, 0.2) is 48.6 Å². The van der Waals surface area contributed by atoms with Crippen molar-refractivity contribution < 1.29 is 0 Å². The van der Waals surface area contributed by atoms with Crippen LogP contribution >= 0.6 is 0 Å². The topological polar surface area (TPSA) is 0 Å². The predicted molar refractivity (Wildman–Crippen MR) is 59.6 cm³/mol. The molecule has 0 N–H and O–H groups in total. The summed E-state index contributed by atoms with van der Waals surface area (Å²) in [5, 5.41) is 0. The zero-order valence-electron chi connectivity index (χ0n) is 8.59. The fraction of sp³-hybridized carbons (Fsp3) is 0.385. The van der Waals surface area contributed by atoms with Gasteiger partial charge >= 0.3 is 0 Å². The van der Waals surface area contributed by atoms with E-state index in [0.717, 1.165) is 12.8 Å². The van der Waals surface area contributed by atoms with Crippen molar-refractivity contribution in [3.05, 3.63) is 48.6 Å². The molecule has 0 nitrogen and oxygen atoms in total. The molecule has 1 rings (SSSR count). The first-order valence-electron chi connectivity index (χ1n) is 4.79. The lowest BCUT2D eigenvalue weighted by Gasteiger charge is -2.20. The lowest BCUT2D eigenvalue weighted by Crippen LogP contribution is -2.07. The summed E-state index contributed by atoms with van der Waals surface area (Å²) in [6, 6.07) is 0. The Morgan fingerprint density at radius 3 is 2.77 bits per heavy atom. The Bertz CT molecular complexity index is 262. The van der Waals surface area contributed by atoms with E-state index < -0.39 is 0 Å². The van der Waals surface area contributed by atoms with Gasteiger partial charge in [-0.3, -0.25) is 0 Å². The highest BCUT2D eigenvalue weighted by Crippen LogP contribution is 2.27. The number of hydrogen-bond donors (Lipinski definition) is 0. The Kier molecular flexibility index (Phi) is 3.30. The second-order valence-corrected chi connectivity index (χ2v) is 4.25. The molecule has 0 heterocycles. The van der Waals surface area contributed by atoms with E-state index in [2.05, 4.69) is 56.9 Å². The van der Waals surface area contributed by atoms with Crippen molar-refractivity contribution in [1.82, 2.24) is 0 Å². The number of hydrogen-bond acceptors (Lipinski definition) is 0. The van der Waals surface area contributed by atoms with E-state index in [0.29, 0.717) is 0 Å². The van der Waals surface area contributed by atoms with Gasteiger partial charge in [-0.1, -0.05) is 62.5 Å². The summed E-state index contributed by atoms with van der Waals surface area (Å²) in [5.41, 5.74) is 1.44. The van der Waals surface area contributed by atoms with Crippen molar-refractivity contribution in [2.45, 2.75) is 26.7 Å². The Labute approximate surface area is 81.4 Å². The molecule has 0 aliphatic heterocycles. The average molecular weight is 174 g/mol. The highest BCUT2D eigenvalue weighted by atomic mass is 14.2. The van der Waals surface area contributed by atoms with Crippen molar-refractivity contribution in [2.24, 2.45) is 5.41 Å². The van der Waals surface area contributed by atoms with Crippen LogP contribution in [0, 0.1) is 5.41 Å². The second kappa shape index (κ2) is 4.27. The largest absolute Gasteiger partial charge is 0.0958 e. The lowest BCUT2D eigenvalue weighted by atomic mass is 9.85. The summed E-state index contributed by atoms with van der Waals surface area (Å²) in [6.07, 6.45) is 15.0. The molecule has 0 radical (unpaired) electrons. The monoisotopic (exact) mass is 174 g/mol. The first kappa shape index (κ1) is 10.0. The van der Waals surface area contributed by atoms with E-state index in [9.17, 15) is 0 Å². The number of rotatable bonds is 0. The molecule has 0 aromatic rings. The van der Waals surface area contributed by atoms with Gasteiger partial charge in [-0.25, -0.2) is 0 Å². The molecule has 0 saturated heterocycles. The summed E-state index contributed by atoms with van der Waals surface area (Å²) >= 11 is 0. The Balaban J connectivity index is 2.80. The molecule has 13 heavy (non-hydrogen) atoms. The highest BCUT2D eigenvalue weighted by Gasteiger charge is 2.13. The van der Waals surface area contributed by atoms with E-state index in [1.54, 1.807) is 0 Å². The third-order valence-corrected chi connectivity index (χ3v) is 2.10. The third kappa shape index (κ3) is 3.93. The molecule has 0 atom stereocenters. The molecule has 0 aromatic carbocycles. The smallest absolute Gasteiger partial charge is 0.0135 e. The van der Waals surface area contributed by atoms with Crippen LogP contribution in [-0.4, -0.2) is 0 Å². The molecule has 0 saturated carbocycles. The van der Waals surface area contributed by atoms with Crippen molar-refractivity contribution in [3.63, 3.8) is 0 Å². The van der Waals surface area contributed by atoms with E-state index in [1.165, 1.54) is 5.57 Å². The maximum absolute atomic E-state index is 4.03. The molecule has 0 aromatic heterocycles. The van der Waals surface area contributed by atoms with Crippen LogP contribution in [0.5, 0.6) is 0 Å². The summed E-state index contributed by atoms with van der Waals surface area (Å²) in [6.45, 7) is 8.52. The maximum atomic E-state index is 4.03. The first-order valence-corrected chi connectivity index (χ1v) is 4.79. The zero-order chi connectivity index (χ0) is 9.73. The van der Waals surface area contributed by atoms with Gasteiger partial charge in [0.2, 0.25) is 0 Å². The molecule has 0 unspecified atom stereocenters. The van der Waals surface area contributed by atoms with E-state index in [1.807, 2.05) is 0 Å². The van der Waals surface area contributed by atoms with Crippen LogP contribution in [0.2, 0.25) is 0 Å². The third-order valence-electron chi connectivity index (χ3n) is 2.10. The number of allylic oxidation sites excluding steroid dienone is 7. The second-order valence-electron chi connectivity index (χ2n) is 4.25. The van der Waals surface area contributed by atoms with Crippen molar-refractivity contribution in [2.75, 3.05) is 0 Å². The lowest BCUT2D eigenvalue weighted by molar-refractivity contribution is 0.479. The van der Waals surface area contributed by atoms with Gasteiger partial charge in [0.1, 0.15) is 0 Å². The van der Waals surface area contributed by atoms with E-state index in [-0.39, 0.29) is 5.41 Å². The predicted octanol–water partition coefficient (Wildman–Crippen LogP) is 4.03. The normalized spacial score (nSPS) is 29.2. The van der Waals surface area contributed by atoms with Gasteiger partial charge in [0, 0.05) is 0 Å². The fourth-order valence-electron chi connectivity index (χ4n) is 1.52. The van der Waals surface area contributed by atoms with Crippen LogP contribution in [0.1, 0.15) is 26.7 Å². The van der Waals surface area contributed by atoms with Crippen LogP contribution in [0.4, 0.5) is 0 Å². The van der Waals surface area contributed by atoms with Gasteiger partial charge in [0.15, 0.2) is 0 Å². The standard InChI is InChI=1S/C13H18/c1-12-9-7-5-4-6-8-10-13(2,3)11-12/h4-5,7-10H,1,6,11H2,2-3H3/b5-4-,9-7-,10-8-. The van der Waals surface area contributed by atoms with Crippen LogP contribution < -0.4 is 0 Å². The van der Waals surface area contributed by atoms with Crippen LogP contribution in [0.25, 0.3) is 0 Å². The minimum Gasteiger partial charge on any atom is -0.0958 e. The van der Waals surface area contributed by atoms with Gasteiger partial charge in [-0.15, -0.1) is 0 Å².